The van der Waals surface area contributed by atoms with Crippen LogP contribution in [0.3, 0.4) is 0 Å². The normalized spacial score (nSPS) is 17.5. The summed E-state index contributed by atoms with van der Waals surface area (Å²) in [7, 11) is 0. The molecule has 2 rings (SSSR count). The highest BCUT2D eigenvalue weighted by Crippen LogP contribution is 2.15. The van der Waals surface area contributed by atoms with Crippen molar-refractivity contribution >= 4 is 17.2 Å². The topological polar surface area (TPSA) is 50.4 Å². The predicted octanol–water partition coefficient (Wildman–Crippen LogP) is 1.05. The van der Waals surface area contributed by atoms with Gasteiger partial charge in [-0.25, -0.2) is 0 Å². The van der Waals surface area contributed by atoms with E-state index in [1.165, 1.54) is 11.1 Å². The van der Waals surface area contributed by atoms with E-state index in [-0.39, 0.29) is 18.1 Å². The van der Waals surface area contributed by atoms with Gasteiger partial charge in [0.05, 0.1) is 5.60 Å². The van der Waals surface area contributed by atoms with E-state index in [2.05, 4.69) is 28.3 Å². The minimum atomic E-state index is -0.157. The Bertz CT molecular complexity index is 399. The quantitative estimate of drug-likeness (QED) is 0.826. The zero-order valence-corrected chi connectivity index (χ0v) is 11.0. The van der Waals surface area contributed by atoms with Gasteiger partial charge < -0.3 is 15.4 Å². The van der Waals surface area contributed by atoms with E-state index in [9.17, 15) is 4.79 Å². The molecule has 0 aliphatic carbocycles. The van der Waals surface area contributed by atoms with Crippen LogP contribution >= 0.6 is 11.3 Å². The van der Waals surface area contributed by atoms with Crippen molar-refractivity contribution in [3.63, 3.8) is 0 Å². The van der Waals surface area contributed by atoms with Crippen LogP contribution in [0.5, 0.6) is 0 Å². The lowest BCUT2D eigenvalue weighted by Gasteiger charge is -2.38. The molecule has 1 aliphatic heterocycles. The van der Waals surface area contributed by atoms with E-state index in [4.69, 9.17) is 4.74 Å². The van der Waals surface area contributed by atoms with E-state index < -0.39 is 0 Å². The van der Waals surface area contributed by atoms with Crippen molar-refractivity contribution in [2.45, 2.75) is 26.0 Å². The highest BCUT2D eigenvalue weighted by atomic mass is 32.1. The van der Waals surface area contributed by atoms with Crippen LogP contribution in [0.25, 0.3) is 0 Å². The second-order valence-corrected chi connectivity index (χ2v) is 5.44. The minimum absolute atomic E-state index is 0.0521. The zero-order chi connectivity index (χ0) is 12.3. The number of ether oxygens (including phenoxy) is 1. The van der Waals surface area contributed by atoms with Crippen LogP contribution in [-0.4, -0.2) is 31.2 Å². The molecule has 94 valence electrons. The zero-order valence-electron chi connectivity index (χ0n) is 10.2. The third kappa shape index (κ3) is 3.28. The third-order valence-electron chi connectivity index (χ3n) is 2.99. The molecule has 0 unspecified atom stereocenters. The molecule has 0 saturated carbocycles. The van der Waals surface area contributed by atoms with E-state index >= 15 is 0 Å². The molecule has 0 bridgehead atoms. The molecule has 2 heterocycles. The molecule has 1 amide bonds. The van der Waals surface area contributed by atoms with Gasteiger partial charge >= 0.3 is 0 Å². The van der Waals surface area contributed by atoms with Gasteiger partial charge in [-0.2, -0.15) is 11.3 Å². The number of thiophene rings is 1. The van der Waals surface area contributed by atoms with Crippen molar-refractivity contribution in [3.05, 3.63) is 21.9 Å². The average Bonchev–Trinajstić information content (AvgIpc) is 2.67. The molecule has 0 radical (unpaired) electrons. The Morgan fingerprint density at radius 3 is 2.88 bits per heavy atom. The Hall–Kier alpha value is -0.910. The minimum Gasteiger partial charge on any atom is -0.363 e. The highest BCUT2D eigenvalue weighted by Gasteiger charge is 2.32. The standard InChI is InChI=1S/C12H18N2O2S/c1-9-5-17-6-10(9)3-14-11(15)4-16-12(2)7-13-8-12/h5-6,13H,3-4,7-8H2,1-2H3,(H,14,15). The fourth-order valence-electron chi connectivity index (χ4n) is 1.63. The molecule has 0 atom stereocenters. The summed E-state index contributed by atoms with van der Waals surface area (Å²) in [6, 6.07) is 0. The van der Waals surface area contributed by atoms with Crippen molar-refractivity contribution in [1.29, 1.82) is 0 Å². The molecule has 1 aliphatic rings. The Balaban J connectivity index is 1.69. The van der Waals surface area contributed by atoms with E-state index in [1.54, 1.807) is 11.3 Å². The summed E-state index contributed by atoms with van der Waals surface area (Å²) >= 11 is 1.66. The fourth-order valence-corrected chi connectivity index (χ4v) is 2.49. The number of hydrogen-bond acceptors (Lipinski definition) is 4. The van der Waals surface area contributed by atoms with Gasteiger partial charge in [0.2, 0.25) is 5.91 Å². The number of carbonyl (C=O) groups is 1. The third-order valence-corrected chi connectivity index (χ3v) is 3.90. The lowest BCUT2D eigenvalue weighted by atomic mass is 10.0. The monoisotopic (exact) mass is 254 g/mol. The predicted molar refractivity (Wildman–Crippen MR) is 68.1 cm³/mol. The number of aryl methyl sites for hydroxylation is 1. The van der Waals surface area contributed by atoms with Crippen LogP contribution in [0.2, 0.25) is 0 Å². The van der Waals surface area contributed by atoms with Crippen LogP contribution in [0.1, 0.15) is 18.1 Å². The van der Waals surface area contributed by atoms with Crippen molar-refractivity contribution in [2.24, 2.45) is 0 Å². The van der Waals surface area contributed by atoms with Crippen LogP contribution in [0.4, 0.5) is 0 Å². The molecule has 5 heteroatoms. The number of nitrogens with one attached hydrogen (secondary N) is 2. The van der Waals surface area contributed by atoms with Crippen molar-refractivity contribution in [1.82, 2.24) is 10.6 Å². The molecule has 1 saturated heterocycles. The summed E-state index contributed by atoms with van der Waals surface area (Å²) in [5.41, 5.74) is 2.25. The number of hydrogen-bond donors (Lipinski definition) is 2. The molecular weight excluding hydrogens is 236 g/mol. The second-order valence-electron chi connectivity index (χ2n) is 4.70. The van der Waals surface area contributed by atoms with Crippen LogP contribution in [-0.2, 0) is 16.1 Å². The first kappa shape index (κ1) is 12.5. The molecule has 1 fully saturated rings. The van der Waals surface area contributed by atoms with Crippen LogP contribution in [0.15, 0.2) is 10.8 Å². The molecule has 1 aromatic rings. The Morgan fingerprint density at radius 1 is 1.59 bits per heavy atom. The van der Waals surface area contributed by atoms with Gasteiger partial charge in [0.1, 0.15) is 6.61 Å². The van der Waals surface area contributed by atoms with Crippen LogP contribution in [0, 0.1) is 6.92 Å². The van der Waals surface area contributed by atoms with Crippen molar-refractivity contribution < 1.29 is 9.53 Å². The number of carbonyl (C=O) groups excluding carboxylic acids is 1. The molecule has 0 aromatic carbocycles. The Labute approximate surface area is 105 Å². The average molecular weight is 254 g/mol. The van der Waals surface area contributed by atoms with E-state index in [1.807, 2.05) is 6.92 Å². The lowest BCUT2D eigenvalue weighted by molar-refractivity contribution is -0.136. The molecule has 1 aromatic heterocycles. The largest absolute Gasteiger partial charge is 0.363 e. The van der Waals surface area contributed by atoms with Gasteiger partial charge in [0.25, 0.3) is 0 Å². The second kappa shape index (κ2) is 5.16. The van der Waals surface area contributed by atoms with Crippen LogP contribution < -0.4 is 10.6 Å². The maximum absolute atomic E-state index is 11.6. The first-order chi connectivity index (χ1) is 8.09. The number of rotatable bonds is 5. The summed E-state index contributed by atoms with van der Waals surface area (Å²) in [6.07, 6.45) is 0. The van der Waals surface area contributed by atoms with E-state index in [0.29, 0.717) is 6.54 Å². The smallest absolute Gasteiger partial charge is 0.246 e. The summed E-state index contributed by atoms with van der Waals surface area (Å²) < 4.78 is 5.56. The Morgan fingerprint density at radius 2 is 2.35 bits per heavy atom. The maximum atomic E-state index is 11.6. The summed E-state index contributed by atoms with van der Waals surface area (Å²) in [6.45, 7) is 6.44. The molecule has 17 heavy (non-hydrogen) atoms. The molecular formula is C12H18N2O2S. The highest BCUT2D eigenvalue weighted by molar-refractivity contribution is 7.08. The number of amides is 1. The fraction of sp³-hybridized carbons (Fsp3) is 0.583. The lowest BCUT2D eigenvalue weighted by Crippen LogP contribution is -2.59. The molecule has 2 N–H and O–H groups in total. The summed E-state index contributed by atoms with van der Waals surface area (Å²) in [4.78, 5) is 11.6. The molecule has 4 nitrogen and oxygen atoms in total. The maximum Gasteiger partial charge on any atom is 0.246 e. The van der Waals surface area contributed by atoms with Crippen molar-refractivity contribution in [2.75, 3.05) is 19.7 Å². The van der Waals surface area contributed by atoms with Gasteiger partial charge in [-0.15, -0.1) is 0 Å². The first-order valence-corrected chi connectivity index (χ1v) is 6.66. The van der Waals surface area contributed by atoms with Gasteiger partial charge in [0.15, 0.2) is 0 Å². The summed E-state index contributed by atoms with van der Waals surface area (Å²) in [5.74, 6) is -0.0521. The van der Waals surface area contributed by atoms with Gasteiger partial charge in [-0.1, -0.05) is 0 Å². The van der Waals surface area contributed by atoms with Crippen molar-refractivity contribution in [3.8, 4) is 0 Å². The molecule has 0 spiro atoms. The first-order valence-electron chi connectivity index (χ1n) is 5.72. The summed E-state index contributed by atoms with van der Waals surface area (Å²) in [5, 5.41) is 10.1. The van der Waals surface area contributed by atoms with Gasteiger partial charge in [-0.05, 0) is 35.7 Å². The SMILES string of the molecule is Cc1cscc1CNC(=O)COC1(C)CNC1. The van der Waals surface area contributed by atoms with Gasteiger partial charge in [-0.3, -0.25) is 4.79 Å². The van der Waals surface area contributed by atoms with Gasteiger partial charge in [0, 0.05) is 19.6 Å². The van der Waals surface area contributed by atoms with E-state index in [0.717, 1.165) is 13.1 Å². The Kier molecular flexibility index (Phi) is 3.81.